The molecule has 3 heteroatoms. The van der Waals surface area contributed by atoms with Crippen molar-refractivity contribution < 1.29 is 4.79 Å². The van der Waals surface area contributed by atoms with Crippen molar-refractivity contribution in [1.29, 1.82) is 0 Å². The van der Waals surface area contributed by atoms with Gasteiger partial charge in [-0.05, 0) is 31.7 Å². The highest BCUT2D eigenvalue weighted by Crippen LogP contribution is 2.38. The van der Waals surface area contributed by atoms with Gasteiger partial charge in [0.2, 0.25) is 5.91 Å². The Morgan fingerprint density at radius 2 is 2.25 bits per heavy atom. The highest BCUT2D eigenvalue weighted by molar-refractivity contribution is 5.79. The molecule has 1 saturated carbocycles. The summed E-state index contributed by atoms with van der Waals surface area (Å²) in [6, 6.07) is 0.640. The molecule has 0 aromatic heterocycles. The van der Waals surface area contributed by atoms with E-state index >= 15 is 0 Å². The van der Waals surface area contributed by atoms with E-state index in [4.69, 9.17) is 0 Å². The first kappa shape index (κ1) is 8.05. The predicted molar refractivity (Wildman–Crippen MR) is 46.7 cm³/mol. The fraction of sp³-hybridized carbons (Fsp3) is 0.889. The van der Waals surface area contributed by atoms with Gasteiger partial charge in [-0.25, -0.2) is 0 Å². The van der Waals surface area contributed by atoms with E-state index in [1.807, 2.05) is 0 Å². The van der Waals surface area contributed by atoms with E-state index in [0.717, 1.165) is 13.0 Å². The van der Waals surface area contributed by atoms with Crippen LogP contribution in [-0.2, 0) is 4.79 Å². The molecule has 2 fully saturated rings. The minimum absolute atomic E-state index is 0.242. The summed E-state index contributed by atoms with van der Waals surface area (Å²) in [6.07, 6.45) is 3.51. The van der Waals surface area contributed by atoms with Crippen LogP contribution in [0.25, 0.3) is 0 Å². The molecule has 0 spiro atoms. The molecule has 3 nitrogen and oxygen atoms in total. The Labute approximate surface area is 72.9 Å². The van der Waals surface area contributed by atoms with Crippen LogP contribution >= 0.6 is 0 Å². The van der Waals surface area contributed by atoms with Crippen LogP contribution in [0.1, 0.15) is 19.3 Å². The third kappa shape index (κ3) is 1.12. The summed E-state index contributed by atoms with van der Waals surface area (Å²) in [6.45, 7) is 1.01. The fourth-order valence-corrected chi connectivity index (χ4v) is 2.41. The lowest BCUT2D eigenvalue weighted by Crippen LogP contribution is -2.55. The maximum Gasteiger partial charge on any atom is 0.223 e. The standard InChI is InChI=1S/C9H16N2O/c1-10-9(12)7-4-5-11-8-3-2-6(7)8/h6-8,11H,2-5H2,1H3,(H,10,12). The molecular weight excluding hydrogens is 152 g/mol. The molecule has 1 saturated heterocycles. The summed E-state index contributed by atoms with van der Waals surface area (Å²) < 4.78 is 0. The summed E-state index contributed by atoms with van der Waals surface area (Å²) in [5.41, 5.74) is 0. The van der Waals surface area contributed by atoms with Gasteiger partial charge in [-0.15, -0.1) is 0 Å². The summed E-state index contributed by atoms with van der Waals surface area (Å²) in [7, 11) is 1.73. The molecule has 3 atom stereocenters. The van der Waals surface area contributed by atoms with E-state index in [-0.39, 0.29) is 11.8 Å². The Hall–Kier alpha value is -0.570. The van der Waals surface area contributed by atoms with Crippen LogP contribution in [0.4, 0.5) is 0 Å². The molecule has 12 heavy (non-hydrogen) atoms. The minimum Gasteiger partial charge on any atom is -0.359 e. The largest absolute Gasteiger partial charge is 0.359 e. The van der Waals surface area contributed by atoms with E-state index in [1.54, 1.807) is 7.05 Å². The van der Waals surface area contributed by atoms with Crippen LogP contribution in [0.5, 0.6) is 0 Å². The molecule has 68 valence electrons. The highest BCUT2D eigenvalue weighted by atomic mass is 16.1. The van der Waals surface area contributed by atoms with Crippen molar-refractivity contribution in [3.05, 3.63) is 0 Å². The molecule has 2 aliphatic rings. The number of hydrogen-bond donors (Lipinski definition) is 2. The first-order valence-corrected chi connectivity index (χ1v) is 4.78. The van der Waals surface area contributed by atoms with Gasteiger partial charge in [-0.3, -0.25) is 4.79 Å². The van der Waals surface area contributed by atoms with Crippen molar-refractivity contribution >= 4 is 5.91 Å². The van der Waals surface area contributed by atoms with Gasteiger partial charge in [0.25, 0.3) is 0 Å². The zero-order valence-corrected chi connectivity index (χ0v) is 7.47. The van der Waals surface area contributed by atoms with Crippen molar-refractivity contribution in [3.8, 4) is 0 Å². The second-order valence-corrected chi connectivity index (χ2v) is 3.81. The summed E-state index contributed by atoms with van der Waals surface area (Å²) >= 11 is 0. The number of carbonyl (C=O) groups is 1. The van der Waals surface area contributed by atoms with Crippen LogP contribution in [0.15, 0.2) is 0 Å². The lowest BCUT2D eigenvalue weighted by Gasteiger charge is -2.45. The lowest BCUT2D eigenvalue weighted by molar-refractivity contribution is -0.129. The number of carbonyl (C=O) groups excluding carboxylic acids is 1. The molecule has 2 N–H and O–H groups in total. The van der Waals surface area contributed by atoms with E-state index in [0.29, 0.717) is 12.0 Å². The SMILES string of the molecule is CNC(=O)C1CCNC2CCC21. The zero-order valence-electron chi connectivity index (χ0n) is 7.47. The summed E-state index contributed by atoms with van der Waals surface area (Å²) in [5, 5.41) is 6.20. The van der Waals surface area contributed by atoms with Gasteiger partial charge in [0.05, 0.1) is 0 Å². The van der Waals surface area contributed by atoms with Crippen LogP contribution < -0.4 is 10.6 Å². The number of amides is 1. The molecular formula is C9H16N2O. The van der Waals surface area contributed by atoms with Crippen LogP contribution in [0.3, 0.4) is 0 Å². The van der Waals surface area contributed by atoms with Gasteiger partial charge in [-0.2, -0.15) is 0 Å². The molecule has 0 bridgehead atoms. The van der Waals surface area contributed by atoms with Crippen LogP contribution in [0, 0.1) is 11.8 Å². The third-order valence-corrected chi connectivity index (χ3v) is 3.29. The van der Waals surface area contributed by atoms with Crippen molar-refractivity contribution in [2.75, 3.05) is 13.6 Å². The molecule has 1 heterocycles. The Bertz CT molecular complexity index is 193. The topological polar surface area (TPSA) is 41.1 Å². The summed E-state index contributed by atoms with van der Waals surface area (Å²) in [4.78, 5) is 11.4. The quantitative estimate of drug-likeness (QED) is 0.584. The fourth-order valence-electron chi connectivity index (χ4n) is 2.41. The maximum absolute atomic E-state index is 11.4. The van der Waals surface area contributed by atoms with Gasteiger partial charge in [0.15, 0.2) is 0 Å². The van der Waals surface area contributed by atoms with Crippen LogP contribution in [-0.4, -0.2) is 25.5 Å². The number of hydrogen-bond acceptors (Lipinski definition) is 2. The number of rotatable bonds is 1. The van der Waals surface area contributed by atoms with Gasteiger partial charge < -0.3 is 10.6 Å². The molecule has 2 rings (SSSR count). The Balaban J connectivity index is 1.99. The van der Waals surface area contributed by atoms with Crippen molar-refractivity contribution in [2.45, 2.75) is 25.3 Å². The van der Waals surface area contributed by atoms with Gasteiger partial charge in [0.1, 0.15) is 0 Å². The van der Waals surface area contributed by atoms with Gasteiger partial charge in [-0.1, -0.05) is 0 Å². The summed E-state index contributed by atoms with van der Waals surface area (Å²) in [5.74, 6) is 1.15. The molecule has 0 aromatic carbocycles. The van der Waals surface area contributed by atoms with Gasteiger partial charge >= 0.3 is 0 Å². The number of fused-ring (bicyclic) bond motifs is 1. The Kier molecular flexibility index (Phi) is 2.05. The lowest BCUT2D eigenvalue weighted by atomic mass is 9.68. The molecule has 1 aliphatic carbocycles. The normalized spacial score (nSPS) is 39.6. The smallest absolute Gasteiger partial charge is 0.223 e. The first-order chi connectivity index (χ1) is 5.83. The van der Waals surface area contributed by atoms with E-state index in [1.165, 1.54) is 12.8 Å². The molecule has 3 unspecified atom stereocenters. The second-order valence-electron chi connectivity index (χ2n) is 3.81. The molecule has 0 radical (unpaired) electrons. The van der Waals surface area contributed by atoms with E-state index < -0.39 is 0 Å². The second kappa shape index (κ2) is 3.05. The first-order valence-electron chi connectivity index (χ1n) is 4.78. The average Bonchev–Trinajstić information content (AvgIpc) is 2.05. The van der Waals surface area contributed by atoms with E-state index in [9.17, 15) is 4.79 Å². The van der Waals surface area contributed by atoms with Gasteiger partial charge in [0, 0.05) is 19.0 Å². The average molecular weight is 168 g/mol. The van der Waals surface area contributed by atoms with Crippen molar-refractivity contribution in [3.63, 3.8) is 0 Å². The van der Waals surface area contributed by atoms with E-state index in [2.05, 4.69) is 10.6 Å². The molecule has 0 aromatic rings. The van der Waals surface area contributed by atoms with Crippen molar-refractivity contribution in [2.24, 2.45) is 11.8 Å². The van der Waals surface area contributed by atoms with Crippen molar-refractivity contribution in [1.82, 2.24) is 10.6 Å². The Morgan fingerprint density at radius 3 is 2.83 bits per heavy atom. The molecule has 1 amide bonds. The highest BCUT2D eigenvalue weighted by Gasteiger charge is 2.42. The number of nitrogens with one attached hydrogen (secondary N) is 2. The number of piperidine rings is 1. The van der Waals surface area contributed by atoms with Crippen LogP contribution in [0.2, 0.25) is 0 Å². The monoisotopic (exact) mass is 168 g/mol. The predicted octanol–water partition coefficient (Wildman–Crippen LogP) is 0.120. The maximum atomic E-state index is 11.4. The minimum atomic E-state index is 0.242. The molecule has 1 aliphatic heterocycles. The zero-order chi connectivity index (χ0) is 8.55. The third-order valence-electron chi connectivity index (χ3n) is 3.29. The Morgan fingerprint density at radius 1 is 1.42 bits per heavy atom.